The fraction of sp³-hybridized carbons (Fsp3) is 0.240. The topological polar surface area (TPSA) is 62.3 Å². The minimum atomic E-state index is -0.334. The summed E-state index contributed by atoms with van der Waals surface area (Å²) in [6.45, 7) is 1.31. The van der Waals surface area contributed by atoms with Crippen molar-refractivity contribution in [2.24, 2.45) is 5.92 Å². The molecule has 1 fully saturated rings. The van der Waals surface area contributed by atoms with Crippen molar-refractivity contribution >= 4 is 11.8 Å². The lowest BCUT2D eigenvalue weighted by Gasteiger charge is -2.23. The first-order valence-electron chi connectivity index (χ1n) is 10.4. The molecule has 0 spiro atoms. The molecular weight excluding hydrogens is 393 g/mol. The summed E-state index contributed by atoms with van der Waals surface area (Å²) in [4.78, 5) is 31.2. The Hall–Kier alpha value is -3.54. The second-order valence-electron chi connectivity index (χ2n) is 7.75. The third-order valence-electron chi connectivity index (χ3n) is 5.54. The maximum atomic E-state index is 14.0. The number of amides is 2. The molecule has 1 aliphatic rings. The molecule has 5 nitrogen and oxygen atoms in total. The molecule has 1 aromatic heterocycles. The zero-order chi connectivity index (χ0) is 21.6. The van der Waals surface area contributed by atoms with Gasteiger partial charge in [-0.05, 0) is 35.2 Å². The number of hydrogen-bond donors (Lipinski definition) is 1. The molecule has 31 heavy (non-hydrogen) atoms. The summed E-state index contributed by atoms with van der Waals surface area (Å²) in [6, 6.07) is 17.9. The quantitative estimate of drug-likeness (QED) is 0.693. The number of aromatic nitrogens is 1. The number of halogens is 1. The van der Waals surface area contributed by atoms with Crippen LogP contribution in [0.4, 0.5) is 4.39 Å². The Morgan fingerprint density at radius 2 is 1.87 bits per heavy atom. The van der Waals surface area contributed by atoms with Gasteiger partial charge in [-0.25, -0.2) is 4.39 Å². The van der Waals surface area contributed by atoms with Crippen molar-refractivity contribution in [1.29, 1.82) is 0 Å². The monoisotopic (exact) mass is 417 g/mol. The van der Waals surface area contributed by atoms with Crippen LogP contribution in [0.5, 0.6) is 0 Å². The van der Waals surface area contributed by atoms with E-state index in [9.17, 15) is 14.0 Å². The van der Waals surface area contributed by atoms with Crippen LogP contribution in [0.15, 0.2) is 73.1 Å². The van der Waals surface area contributed by atoms with Gasteiger partial charge in [-0.3, -0.25) is 14.6 Å². The Labute approximate surface area is 180 Å². The summed E-state index contributed by atoms with van der Waals surface area (Å²) < 4.78 is 14.0. The second kappa shape index (κ2) is 9.51. The minimum Gasteiger partial charge on any atom is -0.354 e. The minimum absolute atomic E-state index is 0.00981. The number of carbonyl (C=O) groups is 2. The lowest BCUT2D eigenvalue weighted by atomic mass is 9.96. The van der Waals surface area contributed by atoms with Crippen molar-refractivity contribution < 1.29 is 14.0 Å². The van der Waals surface area contributed by atoms with Gasteiger partial charge < -0.3 is 10.2 Å². The average molecular weight is 417 g/mol. The zero-order valence-corrected chi connectivity index (χ0v) is 17.1. The molecule has 0 bridgehead atoms. The number of pyridine rings is 1. The number of carbonyl (C=O) groups excluding carboxylic acids is 2. The summed E-state index contributed by atoms with van der Waals surface area (Å²) in [5, 5.41) is 2.91. The van der Waals surface area contributed by atoms with Gasteiger partial charge in [0.2, 0.25) is 11.8 Å². The highest BCUT2D eigenvalue weighted by molar-refractivity contribution is 5.83. The van der Waals surface area contributed by atoms with E-state index >= 15 is 0 Å². The smallest absolute Gasteiger partial charge is 0.227 e. The number of nitrogens with one attached hydrogen (secondary N) is 1. The highest BCUT2D eigenvalue weighted by Gasteiger charge is 2.27. The van der Waals surface area contributed by atoms with Crippen molar-refractivity contribution in [3.63, 3.8) is 0 Å². The maximum Gasteiger partial charge on any atom is 0.227 e. The highest BCUT2D eigenvalue weighted by atomic mass is 19.1. The fourth-order valence-electron chi connectivity index (χ4n) is 3.87. The predicted octanol–water partition coefficient (Wildman–Crippen LogP) is 3.25. The Morgan fingerprint density at radius 1 is 1.06 bits per heavy atom. The molecular formula is C25H24FN3O2. The third-order valence-corrected chi connectivity index (χ3v) is 5.54. The van der Waals surface area contributed by atoms with Crippen LogP contribution in [0.3, 0.4) is 0 Å². The third kappa shape index (κ3) is 5.15. The van der Waals surface area contributed by atoms with Crippen LogP contribution in [0.2, 0.25) is 0 Å². The van der Waals surface area contributed by atoms with Crippen molar-refractivity contribution in [3.05, 3.63) is 90.0 Å². The van der Waals surface area contributed by atoms with E-state index in [-0.39, 0.29) is 30.0 Å². The highest BCUT2D eigenvalue weighted by Crippen LogP contribution is 2.24. The first-order valence-corrected chi connectivity index (χ1v) is 10.4. The number of nitrogens with zero attached hydrogens (tertiary/aromatic N) is 2. The van der Waals surface area contributed by atoms with Crippen molar-refractivity contribution in [3.8, 4) is 11.1 Å². The van der Waals surface area contributed by atoms with Crippen LogP contribution >= 0.6 is 0 Å². The number of rotatable bonds is 5. The van der Waals surface area contributed by atoms with E-state index in [1.54, 1.807) is 35.5 Å². The molecule has 4 rings (SSSR count). The summed E-state index contributed by atoms with van der Waals surface area (Å²) in [6.07, 6.45) is 4.15. The molecule has 0 saturated carbocycles. The maximum absolute atomic E-state index is 14.0. The van der Waals surface area contributed by atoms with Gasteiger partial charge in [0.1, 0.15) is 5.82 Å². The van der Waals surface area contributed by atoms with E-state index in [0.717, 1.165) is 16.7 Å². The van der Waals surface area contributed by atoms with Gasteiger partial charge in [-0.2, -0.15) is 0 Å². The van der Waals surface area contributed by atoms with E-state index in [0.29, 0.717) is 31.6 Å². The Kier molecular flexibility index (Phi) is 6.36. The van der Waals surface area contributed by atoms with Crippen LogP contribution < -0.4 is 5.32 Å². The van der Waals surface area contributed by atoms with Crippen molar-refractivity contribution in [2.75, 3.05) is 19.6 Å². The molecule has 158 valence electrons. The molecule has 2 heterocycles. The molecule has 1 atom stereocenters. The molecule has 3 aromatic rings. The van der Waals surface area contributed by atoms with E-state index < -0.39 is 0 Å². The van der Waals surface area contributed by atoms with Gasteiger partial charge >= 0.3 is 0 Å². The van der Waals surface area contributed by atoms with Gasteiger partial charge in [0, 0.05) is 37.6 Å². The molecule has 0 radical (unpaired) electrons. The van der Waals surface area contributed by atoms with Crippen LogP contribution in [-0.2, 0) is 22.4 Å². The molecule has 6 heteroatoms. The van der Waals surface area contributed by atoms with Gasteiger partial charge in [-0.15, -0.1) is 0 Å². The van der Waals surface area contributed by atoms with Gasteiger partial charge in [-0.1, -0.05) is 48.5 Å². The van der Waals surface area contributed by atoms with Crippen LogP contribution in [0, 0.1) is 11.7 Å². The molecule has 2 aromatic carbocycles. The lowest BCUT2D eigenvalue weighted by Crippen LogP contribution is -2.38. The van der Waals surface area contributed by atoms with Crippen LogP contribution in [-0.4, -0.2) is 41.3 Å². The van der Waals surface area contributed by atoms with E-state index in [2.05, 4.69) is 10.3 Å². The number of hydrogen-bond acceptors (Lipinski definition) is 3. The van der Waals surface area contributed by atoms with E-state index in [4.69, 9.17) is 0 Å². The standard InChI is InChI=1S/C25H24FN3O2/c26-23-6-2-1-5-22(23)20-9-7-18(8-10-20)14-21-17-29(13-12-28-25(21)31)24(30)15-19-4-3-11-27-16-19/h1-11,16,21H,12-15,17H2,(H,28,31)/t21-/m1/s1. The molecule has 1 saturated heterocycles. The fourth-order valence-corrected chi connectivity index (χ4v) is 3.87. The first kappa shape index (κ1) is 20.7. The summed E-state index contributed by atoms with van der Waals surface area (Å²) in [7, 11) is 0. The van der Waals surface area contributed by atoms with Crippen LogP contribution in [0.25, 0.3) is 11.1 Å². The molecule has 1 aliphatic heterocycles. The first-order chi connectivity index (χ1) is 15.1. The van der Waals surface area contributed by atoms with Crippen LogP contribution in [0.1, 0.15) is 11.1 Å². The largest absolute Gasteiger partial charge is 0.354 e. The van der Waals surface area contributed by atoms with E-state index in [1.165, 1.54) is 6.07 Å². The average Bonchev–Trinajstić information content (AvgIpc) is 2.97. The molecule has 0 aliphatic carbocycles. The van der Waals surface area contributed by atoms with E-state index in [1.807, 2.05) is 36.4 Å². The molecule has 2 amide bonds. The Bertz CT molecular complexity index is 1050. The SMILES string of the molecule is O=C1NCCN(C(=O)Cc2cccnc2)C[C@H]1Cc1ccc(-c2ccccc2F)cc1. The van der Waals surface area contributed by atoms with Gasteiger partial charge in [0.15, 0.2) is 0 Å². The van der Waals surface area contributed by atoms with Gasteiger partial charge in [0.05, 0.1) is 12.3 Å². The lowest BCUT2D eigenvalue weighted by molar-refractivity contribution is -0.131. The molecule has 0 unspecified atom stereocenters. The summed E-state index contributed by atoms with van der Waals surface area (Å²) in [5.41, 5.74) is 3.17. The Morgan fingerprint density at radius 3 is 2.61 bits per heavy atom. The molecule has 1 N–H and O–H groups in total. The summed E-state index contributed by atoms with van der Waals surface area (Å²) >= 11 is 0. The predicted molar refractivity (Wildman–Crippen MR) is 117 cm³/mol. The normalized spacial score (nSPS) is 16.5. The zero-order valence-electron chi connectivity index (χ0n) is 17.1. The van der Waals surface area contributed by atoms with Crippen molar-refractivity contribution in [1.82, 2.24) is 15.2 Å². The summed E-state index contributed by atoms with van der Waals surface area (Å²) in [5.74, 6) is -0.653. The second-order valence-corrected chi connectivity index (χ2v) is 7.75. The van der Waals surface area contributed by atoms with Gasteiger partial charge in [0.25, 0.3) is 0 Å². The number of benzene rings is 2. The van der Waals surface area contributed by atoms with Crippen molar-refractivity contribution in [2.45, 2.75) is 12.8 Å². The Balaban J connectivity index is 1.44.